The minimum atomic E-state index is -0.287. The predicted octanol–water partition coefficient (Wildman–Crippen LogP) is 2.34. The summed E-state index contributed by atoms with van der Waals surface area (Å²) in [5.41, 5.74) is 2.53. The average Bonchev–Trinajstić information content (AvgIpc) is 2.83. The maximum atomic E-state index is 12.3. The third-order valence-corrected chi connectivity index (χ3v) is 3.06. The molecule has 20 heavy (non-hydrogen) atoms. The van der Waals surface area contributed by atoms with Crippen molar-refractivity contribution in [2.24, 2.45) is 0 Å². The zero-order chi connectivity index (χ0) is 14.1. The Kier molecular flexibility index (Phi) is 3.08. The second kappa shape index (κ2) is 4.90. The molecule has 3 aromatic heterocycles. The molecule has 0 atom stereocenters. The van der Waals surface area contributed by atoms with Crippen molar-refractivity contribution < 1.29 is 4.79 Å². The summed E-state index contributed by atoms with van der Waals surface area (Å²) in [6, 6.07) is 8.62. The van der Waals surface area contributed by atoms with E-state index in [1.807, 2.05) is 13.0 Å². The Morgan fingerprint density at radius 1 is 1.30 bits per heavy atom. The van der Waals surface area contributed by atoms with Gasteiger partial charge in [0.05, 0.1) is 23.1 Å². The van der Waals surface area contributed by atoms with Crippen molar-refractivity contribution >= 4 is 28.7 Å². The molecule has 0 saturated heterocycles. The maximum Gasteiger partial charge on any atom is 0.274 e. The molecule has 0 aliphatic rings. The standard InChI is InChI=1S/C13H10ClN5O/c1-8-10-3-2-4-11(19(10)18-17-8)13(20)16-9-5-6-12(14)15-7-9/h2-7H,1H3,(H,16,20). The topological polar surface area (TPSA) is 72.2 Å². The molecular formula is C13H10ClN5O. The Morgan fingerprint density at radius 2 is 2.15 bits per heavy atom. The molecule has 0 bridgehead atoms. The molecular weight excluding hydrogens is 278 g/mol. The summed E-state index contributed by atoms with van der Waals surface area (Å²) in [5.74, 6) is -0.287. The van der Waals surface area contributed by atoms with Crippen LogP contribution in [-0.4, -0.2) is 25.7 Å². The van der Waals surface area contributed by atoms with Gasteiger partial charge in [-0.15, -0.1) is 5.10 Å². The number of hydrogen-bond acceptors (Lipinski definition) is 4. The van der Waals surface area contributed by atoms with Crippen molar-refractivity contribution in [3.8, 4) is 0 Å². The quantitative estimate of drug-likeness (QED) is 0.734. The Hall–Kier alpha value is -2.47. The van der Waals surface area contributed by atoms with Crippen LogP contribution in [0.2, 0.25) is 5.15 Å². The molecule has 0 fully saturated rings. The number of halogens is 1. The first-order valence-electron chi connectivity index (χ1n) is 5.89. The van der Waals surface area contributed by atoms with E-state index in [0.717, 1.165) is 11.2 Å². The van der Waals surface area contributed by atoms with E-state index in [1.165, 1.54) is 10.7 Å². The fourth-order valence-corrected chi connectivity index (χ4v) is 1.96. The fourth-order valence-electron chi connectivity index (χ4n) is 1.85. The van der Waals surface area contributed by atoms with Gasteiger partial charge in [-0.25, -0.2) is 9.50 Å². The molecule has 7 heteroatoms. The minimum absolute atomic E-state index is 0.287. The maximum absolute atomic E-state index is 12.3. The highest BCUT2D eigenvalue weighted by Gasteiger charge is 2.13. The van der Waals surface area contributed by atoms with Gasteiger partial charge in [-0.3, -0.25) is 4.79 Å². The third-order valence-electron chi connectivity index (χ3n) is 2.84. The van der Waals surface area contributed by atoms with E-state index in [2.05, 4.69) is 20.6 Å². The molecule has 6 nitrogen and oxygen atoms in total. The van der Waals surface area contributed by atoms with Crippen LogP contribution in [0, 0.1) is 6.92 Å². The van der Waals surface area contributed by atoms with Gasteiger partial charge in [-0.05, 0) is 31.2 Å². The first-order chi connectivity index (χ1) is 9.65. The van der Waals surface area contributed by atoms with E-state index >= 15 is 0 Å². The Bertz CT molecular complexity index is 781. The van der Waals surface area contributed by atoms with Gasteiger partial charge >= 0.3 is 0 Å². The molecule has 3 aromatic rings. The molecule has 100 valence electrons. The molecule has 0 saturated carbocycles. The second-order valence-electron chi connectivity index (χ2n) is 4.21. The zero-order valence-corrected chi connectivity index (χ0v) is 11.3. The largest absolute Gasteiger partial charge is 0.319 e. The summed E-state index contributed by atoms with van der Waals surface area (Å²) in [6.07, 6.45) is 1.49. The van der Waals surface area contributed by atoms with Crippen LogP contribution in [0.4, 0.5) is 5.69 Å². The first kappa shape index (κ1) is 12.6. The number of nitrogens with zero attached hydrogens (tertiary/aromatic N) is 4. The van der Waals surface area contributed by atoms with Gasteiger partial charge in [0.2, 0.25) is 0 Å². The lowest BCUT2D eigenvalue weighted by molar-refractivity contribution is 0.102. The molecule has 0 aromatic carbocycles. The van der Waals surface area contributed by atoms with Gasteiger partial charge in [0.1, 0.15) is 10.8 Å². The monoisotopic (exact) mass is 287 g/mol. The molecule has 0 aliphatic carbocycles. The summed E-state index contributed by atoms with van der Waals surface area (Å²) >= 11 is 5.70. The molecule has 0 spiro atoms. The van der Waals surface area contributed by atoms with Gasteiger partial charge in [-0.1, -0.05) is 22.9 Å². The van der Waals surface area contributed by atoms with Crippen molar-refractivity contribution in [3.63, 3.8) is 0 Å². The summed E-state index contributed by atoms with van der Waals surface area (Å²) < 4.78 is 1.51. The number of pyridine rings is 2. The number of carbonyl (C=O) groups excluding carboxylic acids is 1. The Labute approximate surface area is 119 Å². The number of fused-ring (bicyclic) bond motifs is 1. The summed E-state index contributed by atoms with van der Waals surface area (Å²) in [4.78, 5) is 16.2. The van der Waals surface area contributed by atoms with Crippen molar-refractivity contribution in [2.45, 2.75) is 6.92 Å². The zero-order valence-electron chi connectivity index (χ0n) is 10.5. The van der Waals surface area contributed by atoms with E-state index in [4.69, 9.17) is 11.6 Å². The number of amides is 1. The average molecular weight is 288 g/mol. The molecule has 0 radical (unpaired) electrons. The lowest BCUT2D eigenvalue weighted by atomic mass is 10.3. The normalized spacial score (nSPS) is 10.7. The number of hydrogen-bond donors (Lipinski definition) is 1. The highest BCUT2D eigenvalue weighted by molar-refractivity contribution is 6.29. The molecule has 3 heterocycles. The number of rotatable bonds is 2. The van der Waals surface area contributed by atoms with Crippen molar-refractivity contribution in [3.05, 3.63) is 53.1 Å². The van der Waals surface area contributed by atoms with Crippen molar-refractivity contribution in [1.29, 1.82) is 0 Å². The van der Waals surface area contributed by atoms with Crippen LogP contribution in [0.5, 0.6) is 0 Å². The molecule has 1 N–H and O–H groups in total. The first-order valence-corrected chi connectivity index (χ1v) is 6.27. The SMILES string of the molecule is Cc1nnn2c(C(=O)Nc3ccc(Cl)nc3)cccc12. The molecule has 3 rings (SSSR count). The van der Waals surface area contributed by atoms with Crippen LogP contribution >= 0.6 is 11.6 Å². The van der Waals surface area contributed by atoms with Crippen molar-refractivity contribution in [2.75, 3.05) is 5.32 Å². The van der Waals surface area contributed by atoms with Gasteiger partial charge in [0.15, 0.2) is 0 Å². The van der Waals surface area contributed by atoms with Gasteiger partial charge < -0.3 is 5.32 Å². The van der Waals surface area contributed by atoms with Gasteiger partial charge in [0.25, 0.3) is 5.91 Å². The fraction of sp³-hybridized carbons (Fsp3) is 0.0769. The van der Waals surface area contributed by atoms with Crippen LogP contribution in [0.15, 0.2) is 36.5 Å². The van der Waals surface area contributed by atoms with Crippen molar-refractivity contribution in [1.82, 2.24) is 19.8 Å². The molecule has 0 aliphatic heterocycles. The van der Waals surface area contributed by atoms with E-state index in [-0.39, 0.29) is 5.91 Å². The van der Waals surface area contributed by atoms with E-state index in [1.54, 1.807) is 24.3 Å². The van der Waals surface area contributed by atoms with E-state index in [9.17, 15) is 4.79 Å². The number of anilines is 1. The molecule has 0 unspecified atom stereocenters. The van der Waals surface area contributed by atoms with Gasteiger partial charge in [-0.2, -0.15) is 0 Å². The second-order valence-corrected chi connectivity index (χ2v) is 4.59. The number of nitrogens with one attached hydrogen (secondary N) is 1. The number of aryl methyl sites for hydroxylation is 1. The molecule has 1 amide bonds. The van der Waals surface area contributed by atoms with Crippen LogP contribution in [0.1, 0.15) is 16.2 Å². The highest BCUT2D eigenvalue weighted by atomic mass is 35.5. The van der Waals surface area contributed by atoms with Crippen LogP contribution in [0.25, 0.3) is 5.52 Å². The van der Waals surface area contributed by atoms with Crippen LogP contribution < -0.4 is 5.32 Å². The van der Waals surface area contributed by atoms with E-state index < -0.39 is 0 Å². The Balaban J connectivity index is 1.94. The number of aromatic nitrogens is 4. The predicted molar refractivity (Wildman–Crippen MR) is 74.9 cm³/mol. The third kappa shape index (κ3) is 2.21. The lowest BCUT2D eigenvalue weighted by Crippen LogP contribution is -2.16. The lowest BCUT2D eigenvalue weighted by Gasteiger charge is -2.06. The minimum Gasteiger partial charge on any atom is -0.319 e. The van der Waals surface area contributed by atoms with Gasteiger partial charge in [0, 0.05) is 0 Å². The van der Waals surface area contributed by atoms with E-state index in [0.29, 0.717) is 16.5 Å². The highest BCUT2D eigenvalue weighted by Crippen LogP contribution is 2.13. The van der Waals surface area contributed by atoms with Crippen LogP contribution in [-0.2, 0) is 0 Å². The summed E-state index contributed by atoms with van der Waals surface area (Å²) in [7, 11) is 0. The summed E-state index contributed by atoms with van der Waals surface area (Å²) in [6.45, 7) is 1.84. The smallest absolute Gasteiger partial charge is 0.274 e. The summed E-state index contributed by atoms with van der Waals surface area (Å²) in [5, 5.41) is 11.0. The number of carbonyl (C=O) groups is 1. The van der Waals surface area contributed by atoms with Crippen LogP contribution in [0.3, 0.4) is 0 Å². The Morgan fingerprint density at radius 3 is 2.90 bits per heavy atom.